The summed E-state index contributed by atoms with van der Waals surface area (Å²) in [5.41, 5.74) is -0.0479. The monoisotopic (exact) mass is 184 g/mol. The van der Waals surface area contributed by atoms with Crippen molar-refractivity contribution in [1.82, 2.24) is 10.3 Å². The van der Waals surface area contributed by atoms with Crippen LogP contribution in [-0.2, 0) is 6.54 Å². The Morgan fingerprint density at radius 3 is 3.08 bits per heavy atom. The van der Waals surface area contributed by atoms with Crippen molar-refractivity contribution < 1.29 is 14.3 Å². The summed E-state index contributed by atoms with van der Waals surface area (Å²) in [6.45, 7) is 3.39. The molecule has 0 aliphatic rings. The highest BCUT2D eigenvalue weighted by Gasteiger charge is 2.09. The fourth-order valence-corrected chi connectivity index (χ4v) is 0.862. The van der Waals surface area contributed by atoms with Gasteiger partial charge in [0.15, 0.2) is 5.69 Å². The first-order valence-corrected chi connectivity index (χ1v) is 4.12. The van der Waals surface area contributed by atoms with Crippen LogP contribution in [-0.4, -0.2) is 22.6 Å². The average Bonchev–Trinajstić information content (AvgIpc) is 2.53. The van der Waals surface area contributed by atoms with E-state index in [9.17, 15) is 4.79 Å². The maximum absolute atomic E-state index is 10.4. The summed E-state index contributed by atoms with van der Waals surface area (Å²) in [5, 5.41) is 11.6. The molecule has 0 aliphatic carbocycles. The molecular weight excluding hydrogens is 172 g/mol. The van der Waals surface area contributed by atoms with Crippen LogP contribution in [0.1, 0.15) is 29.7 Å². The molecule has 0 radical (unpaired) electrons. The third-order valence-corrected chi connectivity index (χ3v) is 1.47. The largest absolute Gasteiger partial charge is 0.476 e. The van der Waals surface area contributed by atoms with Crippen molar-refractivity contribution in [2.75, 3.05) is 6.54 Å². The molecule has 5 nitrogen and oxygen atoms in total. The summed E-state index contributed by atoms with van der Waals surface area (Å²) in [6.07, 6.45) is 2.16. The first-order valence-electron chi connectivity index (χ1n) is 4.12. The van der Waals surface area contributed by atoms with Gasteiger partial charge < -0.3 is 14.8 Å². The molecule has 0 atom stereocenters. The van der Waals surface area contributed by atoms with Crippen LogP contribution in [0.3, 0.4) is 0 Å². The third kappa shape index (κ3) is 2.87. The SMILES string of the molecule is CCCNCc1nc(C(=O)O)co1. The minimum absolute atomic E-state index is 0.0479. The molecule has 1 rings (SSSR count). The number of carbonyl (C=O) groups is 1. The van der Waals surface area contributed by atoms with E-state index in [0.717, 1.165) is 19.2 Å². The predicted octanol–water partition coefficient (Wildman–Crippen LogP) is 0.872. The van der Waals surface area contributed by atoms with Gasteiger partial charge in [-0.3, -0.25) is 0 Å². The number of rotatable bonds is 5. The first-order chi connectivity index (χ1) is 6.24. The van der Waals surface area contributed by atoms with E-state index in [1.54, 1.807) is 0 Å². The molecule has 72 valence electrons. The van der Waals surface area contributed by atoms with Crippen LogP contribution in [0.4, 0.5) is 0 Å². The number of aromatic carboxylic acids is 1. The summed E-state index contributed by atoms with van der Waals surface area (Å²) in [6, 6.07) is 0. The smallest absolute Gasteiger partial charge is 0.357 e. The zero-order valence-electron chi connectivity index (χ0n) is 7.41. The van der Waals surface area contributed by atoms with E-state index in [4.69, 9.17) is 9.52 Å². The van der Waals surface area contributed by atoms with Crippen LogP contribution in [0.25, 0.3) is 0 Å². The van der Waals surface area contributed by atoms with Crippen LogP contribution in [0.5, 0.6) is 0 Å². The molecule has 0 aliphatic heterocycles. The highest BCUT2D eigenvalue weighted by molar-refractivity contribution is 5.84. The Balaban J connectivity index is 2.44. The highest BCUT2D eigenvalue weighted by Crippen LogP contribution is 2.01. The molecule has 0 spiro atoms. The molecule has 0 fully saturated rings. The lowest BCUT2D eigenvalue weighted by molar-refractivity contribution is 0.0690. The van der Waals surface area contributed by atoms with Crippen LogP contribution in [0.15, 0.2) is 10.7 Å². The zero-order valence-corrected chi connectivity index (χ0v) is 7.41. The van der Waals surface area contributed by atoms with Crippen LogP contribution < -0.4 is 5.32 Å². The Hall–Kier alpha value is -1.36. The van der Waals surface area contributed by atoms with Crippen LogP contribution >= 0.6 is 0 Å². The second-order valence-corrected chi connectivity index (χ2v) is 2.61. The molecule has 1 heterocycles. The van der Waals surface area contributed by atoms with E-state index in [-0.39, 0.29) is 5.69 Å². The molecule has 0 aromatic carbocycles. The maximum Gasteiger partial charge on any atom is 0.357 e. The summed E-state index contributed by atoms with van der Waals surface area (Å²) in [7, 11) is 0. The normalized spacial score (nSPS) is 10.2. The van der Waals surface area contributed by atoms with Gasteiger partial charge >= 0.3 is 5.97 Å². The minimum Gasteiger partial charge on any atom is -0.476 e. The Labute approximate surface area is 75.8 Å². The second-order valence-electron chi connectivity index (χ2n) is 2.61. The molecule has 1 aromatic rings. The van der Waals surface area contributed by atoms with E-state index in [0.29, 0.717) is 12.4 Å². The van der Waals surface area contributed by atoms with Crippen molar-refractivity contribution in [2.45, 2.75) is 19.9 Å². The fourth-order valence-electron chi connectivity index (χ4n) is 0.862. The van der Waals surface area contributed by atoms with Crippen LogP contribution in [0.2, 0.25) is 0 Å². The maximum atomic E-state index is 10.4. The lowest BCUT2D eigenvalue weighted by Gasteiger charge is -1.96. The summed E-state index contributed by atoms with van der Waals surface area (Å²) in [4.78, 5) is 14.2. The standard InChI is InChI=1S/C8H12N2O3/c1-2-3-9-4-7-10-6(5-13-7)8(11)12/h5,9H,2-4H2,1H3,(H,11,12). The molecule has 0 saturated carbocycles. The van der Waals surface area contributed by atoms with E-state index < -0.39 is 5.97 Å². The second kappa shape index (κ2) is 4.61. The van der Waals surface area contributed by atoms with Crippen molar-refractivity contribution in [1.29, 1.82) is 0 Å². The number of carboxylic acids is 1. The molecule has 1 aromatic heterocycles. The van der Waals surface area contributed by atoms with E-state index in [1.165, 1.54) is 0 Å². The van der Waals surface area contributed by atoms with Gasteiger partial charge in [-0.1, -0.05) is 6.92 Å². The number of hydrogen-bond donors (Lipinski definition) is 2. The van der Waals surface area contributed by atoms with Gasteiger partial charge in [0.2, 0.25) is 5.89 Å². The van der Waals surface area contributed by atoms with Gasteiger partial charge in [-0.2, -0.15) is 0 Å². The van der Waals surface area contributed by atoms with Gasteiger partial charge in [0.25, 0.3) is 0 Å². The summed E-state index contributed by atoms with van der Waals surface area (Å²) < 4.78 is 4.92. The quantitative estimate of drug-likeness (QED) is 0.664. The Morgan fingerprint density at radius 1 is 1.77 bits per heavy atom. The molecule has 5 heteroatoms. The van der Waals surface area contributed by atoms with Gasteiger partial charge in [-0.25, -0.2) is 9.78 Å². The topological polar surface area (TPSA) is 75.4 Å². The number of oxazole rings is 1. The molecular formula is C8H12N2O3. The number of carboxylic acid groups (broad SMARTS) is 1. The van der Waals surface area contributed by atoms with Gasteiger partial charge in [-0.05, 0) is 13.0 Å². The van der Waals surface area contributed by atoms with E-state index >= 15 is 0 Å². The van der Waals surface area contributed by atoms with Gasteiger partial charge in [0.1, 0.15) is 6.26 Å². The third-order valence-electron chi connectivity index (χ3n) is 1.47. The molecule has 0 unspecified atom stereocenters. The van der Waals surface area contributed by atoms with Crippen LogP contribution in [0, 0.1) is 0 Å². The van der Waals surface area contributed by atoms with Crippen molar-refractivity contribution in [3.63, 3.8) is 0 Å². The highest BCUT2D eigenvalue weighted by atomic mass is 16.4. The number of nitrogens with one attached hydrogen (secondary N) is 1. The van der Waals surface area contributed by atoms with E-state index in [1.807, 2.05) is 6.92 Å². The minimum atomic E-state index is -1.06. The first kappa shape index (κ1) is 9.73. The lowest BCUT2D eigenvalue weighted by Crippen LogP contribution is -2.14. The molecule has 0 amide bonds. The van der Waals surface area contributed by atoms with Gasteiger partial charge in [0.05, 0.1) is 6.54 Å². The lowest BCUT2D eigenvalue weighted by atomic mass is 10.5. The Kier molecular flexibility index (Phi) is 3.45. The Bertz CT molecular complexity index is 283. The molecule has 0 bridgehead atoms. The van der Waals surface area contributed by atoms with Crippen molar-refractivity contribution in [3.8, 4) is 0 Å². The van der Waals surface area contributed by atoms with E-state index in [2.05, 4.69) is 10.3 Å². The number of aromatic nitrogens is 1. The van der Waals surface area contributed by atoms with Crippen molar-refractivity contribution in [2.24, 2.45) is 0 Å². The van der Waals surface area contributed by atoms with Gasteiger partial charge in [0, 0.05) is 0 Å². The molecule has 13 heavy (non-hydrogen) atoms. The number of nitrogens with zero attached hydrogens (tertiary/aromatic N) is 1. The number of hydrogen-bond acceptors (Lipinski definition) is 4. The molecule has 2 N–H and O–H groups in total. The summed E-state index contributed by atoms with van der Waals surface area (Å²) in [5.74, 6) is -0.656. The summed E-state index contributed by atoms with van der Waals surface area (Å²) >= 11 is 0. The zero-order chi connectivity index (χ0) is 9.68. The Morgan fingerprint density at radius 2 is 2.54 bits per heavy atom. The van der Waals surface area contributed by atoms with Crippen molar-refractivity contribution >= 4 is 5.97 Å². The van der Waals surface area contributed by atoms with Crippen molar-refractivity contribution in [3.05, 3.63) is 17.8 Å². The fraction of sp³-hybridized carbons (Fsp3) is 0.500. The molecule has 0 saturated heterocycles. The van der Waals surface area contributed by atoms with Gasteiger partial charge in [-0.15, -0.1) is 0 Å². The average molecular weight is 184 g/mol. The predicted molar refractivity (Wildman–Crippen MR) is 45.5 cm³/mol.